The highest BCUT2D eigenvalue weighted by molar-refractivity contribution is 4.63. The van der Waals surface area contributed by atoms with Gasteiger partial charge >= 0.3 is 0 Å². The highest BCUT2D eigenvalue weighted by atomic mass is 14.9. The largest absolute Gasteiger partial charge is 0.317 e. The molecule has 1 atom stereocenters. The zero-order chi connectivity index (χ0) is 7.94. The van der Waals surface area contributed by atoms with E-state index in [2.05, 4.69) is 17.6 Å². The zero-order valence-electron chi connectivity index (χ0n) is 7.53. The lowest BCUT2D eigenvalue weighted by molar-refractivity contribution is 0.453. The Labute approximate surface area is 69.8 Å². The Morgan fingerprint density at radius 1 is 1.00 bits per heavy atom. The maximum absolute atomic E-state index is 3.51. The van der Waals surface area contributed by atoms with Crippen LogP contribution < -0.4 is 10.6 Å². The molecule has 0 bridgehead atoms. The quantitative estimate of drug-likeness (QED) is 0.549. The third kappa shape index (κ3) is 4.38. The molecule has 0 aliphatic carbocycles. The average molecular weight is 156 g/mol. The van der Waals surface area contributed by atoms with Crippen molar-refractivity contribution in [3.05, 3.63) is 0 Å². The van der Waals surface area contributed by atoms with Gasteiger partial charge in [-0.05, 0) is 45.8 Å². The predicted molar refractivity (Wildman–Crippen MR) is 48.8 cm³/mol. The van der Waals surface area contributed by atoms with Crippen LogP contribution in [0.25, 0.3) is 0 Å². The van der Waals surface area contributed by atoms with Crippen molar-refractivity contribution in [1.82, 2.24) is 10.6 Å². The molecular formula is C9H20N2. The molecule has 2 heteroatoms. The smallest absolute Gasteiger partial charge is 0.00387 e. The molecule has 0 radical (unpaired) electrons. The molecule has 11 heavy (non-hydrogen) atoms. The number of nitrogens with one attached hydrogen (secondary N) is 2. The fourth-order valence-corrected chi connectivity index (χ4v) is 1.49. The van der Waals surface area contributed by atoms with Gasteiger partial charge in [-0.1, -0.05) is 6.42 Å². The van der Waals surface area contributed by atoms with Gasteiger partial charge in [-0.2, -0.15) is 0 Å². The van der Waals surface area contributed by atoms with Gasteiger partial charge in [-0.15, -0.1) is 0 Å². The summed E-state index contributed by atoms with van der Waals surface area (Å²) in [5.74, 6) is 0. The van der Waals surface area contributed by atoms with E-state index in [0.29, 0.717) is 0 Å². The minimum atomic E-state index is 0.730. The van der Waals surface area contributed by atoms with Crippen molar-refractivity contribution in [2.24, 2.45) is 0 Å². The van der Waals surface area contributed by atoms with Gasteiger partial charge < -0.3 is 10.6 Å². The molecule has 2 nitrogen and oxygen atoms in total. The maximum Gasteiger partial charge on any atom is 0.00387 e. The molecular weight excluding hydrogens is 136 g/mol. The molecule has 0 saturated carbocycles. The Morgan fingerprint density at radius 2 is 1.82 bits per heavy atom. The van der Waals surface area contributed by atoms with Crippen molar-refractivity contribution in [3.8, 4) is 0 Å². The van der Waals surface area contributed by atoms with Gasteiger partial charge in [0.15, 0.2) is 0 Å². The Hall–Kier alpha value is -0.0800. The molecule has 0 unspecified atom stereocenters. The molecule has 1 fully saturated rings. The van der Waals surface area contributed by atoms with Gasteiger partial charge in [0.1, 0.15) is 0 Å². The lowest BCUT2D eigenvalue weighted by Crippen LogP contribution is -2.31. The van der Waals surface area contributed by atoms with Crippen LogP contribution in [0.2, 0.25) is 0 Å². The van der Waals surface area contributed by atoms with Crippen LogP contribution in [0.15, 0.2) is 0 Å². The molecule has 66 valence electrons. The molecule has 0 amide bonds. The molecule has 2 N–H and O–H groups in total. The fraction of sp³-hybridized carbons (Fsp3) is 1.00. The molecule has 1 aliphatic heterocycles. The fourth-order valence-electron chi connectivity index (χ4n) is 1.49. The van der Waals surface area contributed by atoms with Crippen LogP contribution >= 0.6 is 0 Å². The first-order chi connectivity index (χ1) is 5.39. The van der Waals surface area contributed by atoms with Crippen molar-refractivity contribution < 1.29 is 0 Å². The van der Waals surface area contributed by atoms with E-state index >= 15 is 0 Å². The summed E-state index contributed by atoms with van der Waals surface area (Å²) in [4.78, 5) is 0. The summed E-state index contributed by atoms with van der Waals surface area (Å²) in [5.41, 5.74) is 0. The first-order valence-corrected chi connectivity index (χ1v) is 4.83. The summed E-state index contributed by atoms with van der Waals surface area (Å²) in [6.07, 6.45) is 5.30. The topological polar surface area (TPSA) is 24.1 Å². The summed E-state index contributed by atoms with van der Waals surface area (Å²) in [6.45, 7) is 5.86. The summed E-state index contributed by atoms with van der Waals surface area (Å²) >= 11 is 0. The number of hydrogen-bond acceptors (Lipinski definition) is 2. The minimum Gasteiger partial charge on any atom is -0.317 e. The Balaban J connectivity index is 2.12. The molecule has 1 rings (SSSR count). The second-order valence-corrected chi connectivity index (χ2v) is 3.45. The molecule has 1 aliphatic rings. The highest BCUT2D eigenvalue weighted by Crippen LogP contribution is 2.00. The zero-order valence-corrected chi connectivity index (χ0v) is 7.53. The van der Waals surface area contributed by atoms with E-state index in [1.165, 1.54) is 45.3 Å². The van der Waals surface area contributed by atoms with E-state index in [1.54, 1.807) is 0 Å². The van der Waals surface area contributed by atoms with Crippen LogP contribution in [-0.4, -0.2) is 25.7 Å². The number of hydrogen-bond donors (Lipinski definition) is 2. The molecule has 0 aromatic rings. The molecule has 0 spiro atoms. The normalized spacial score (nSPS) is 29.7. The lowest BCUT2D eigenvalue weighted by atomic mass is 10.1. The first kappa shape index (κ1) is 9.01. The van der Waals surface area contributed by atoms with Crippen LogP contribution in [-0.2, 0) is 0 Å². The average Bonchev–Trinajstić information content (AvgIpc) is 2.03. The summed E-state index contributed by atoms with van der Waals surface area (Å²) in [7, 11) is 0. The van der Waals surface area contributed by atoms with Gasteiger partial charge in [0.05, 0.1) is 0 Å². The van der Waals surface area contributed by atoms with Crippen LogP contribution in [0.5, 0.6) is 0 Å². The van der Waals surface area contributed by atoms with Gasteiger partial charge in [0.25, 0.3) is 0 Å². The third-order valence-electron chi connectivity index (χ3n) is 2.26. The van der Waals surface area contributed by atoms with Crippen molar-refractivity contribution in [2.75, 3.05) is 19.6 Å². The molecule has 1 heterocycles. The first-order valence-electron chi connectivity index (χ1n) is 4.83. The third-order valence-corrected chi connectivity index (χ3v) is 2.26. The summed E-state index contributed by atoms with van der Waals surface area (Å²) in [5, 5.41) is 6.94. The second-order valence-electron chi connectivity index (χ2n) is 3.45. The summed E-state index contributed by atoms with van der Waals surface area (Å²) < 4.78 is 0. The van der Waals surface area contributed by atoms with E-state index in [1.807, 2.05) is 0 Å². The van der Waals surface area contributed by atoms with E-state index in [-0.39, 0.29) is 0 Å². The van der Waals surface area contributed by atoms with Gasteiger partial charge in [-0.3, -0.25) is 0 Å². The Morgan fingerprint density at radius 3 is 2.73 bits per heavy atom. The molecule has 1 saturated heterocycles. The summed E-state index contributed by atoms with van der Waals surface area (Å²) in [6, 6.07) is 0.730. The van der Waals surface area contributed by atoms with Crippen LogP contribution in [0.3, 0.4) is 0 Å². The van der Waals surface area contributed by atoms with Crippen molar-refractivity contribution in [2.45, 2.75) is 38.6 Å². The van der Waals surface area contributed by atoms with E-state index in [0.717, 1.165) is 6.04 Å². The highest BCUT2D eigenvalue weighted by Gasteiger charge is 2.01. The SMILES string of the molecule is C[C@H]1CCCCNCCCN1. The maximum atomic E-state index is 3.51. The van der Waals surface area contributed by atoms with E-state index in [9.17, 15) is 0 Å². The number of rotatable bonds is 0. The standard InChI is InChI=1S/C9H20N2/c1-9-5-2-3-6-10-7-4-8-11-9/h9-11H,2-8H2,1H3/t9-/m0/s1. The second kappa shape index (κ2) is 5.56. The molecule has 0 aromatic heterocycles. The predicted octanol–water partition coefficient (Wildman–Crippen LogP) is 1.13. The van der Waals surface area contributed by atoms with E-state index < -0.39 is 0 Å². The van der Waals surface area contributed by atoms with E-state index in [4.69, 9.17) is 0 Å². The lowest BCUT2D eigenvalue weighted by Gasteiger charge is -2.15. The minimum absolute atomic E-state index is 0.730. The van der Waals surface area contributed by atoms with Gasteiger partial charge in [0.2, 0.25) is 0 Å². The van der Waals surface area contributed by atoms with Crippen LogP contribution in [0.4, 0.5) is 0 Å². The Bertz CT molecular complexity index is 83.6. The monoisotopic (exact) mass is 156 g/mol. The van der Waals surface area contributed by atoms with Gasteiger partial charge in [0, 0.05) is 6.04 Å². The van der Waals surface area contributed by atoms with Crippen LogP contribution in [0.1, 0.15) is 32.6 Å². The van der Waals surface area contributed by atoms with Gasteiger partial charge in [-0.25, -0.2) is 0 Å². The van der Waals surface area contributed by atoms with Crippen molar-refractivity contribution in [1.29, 1.82) is 0 Å². The molecule has 0 aromatic carbocycles. The Kier molecular flexibility index (Phi) is 4.55. The van der Waals surface area contributed by atoms with Crippen LogP contribution in [0, 0.1) is 0 Å². The van der Waals surface area contributed by atoms with Crippen molar-refractivity contribution in [3.63, 3.8) is 0 Å². The van der Waals surface area contributed by atoms with Crippen molar-refractivity contribution >= 4 is 0 Å².